The quantitative estimate of drug-likeness (QED) is 0.932. The molecule has 6 nitrogen and oxygen atoms in total. The second-order valence-corrected chi connectivity index (χ2v) is 6.49. The minimum Gasteiger partial charge on any atom is -0.476 e. The molecule has 3 rings (SSSR count). The summed E-state index contributed by atoms with van der Waals surface area (Å²) < 4.78 is 0. The van der Waals surface area contributed by atoms with Crippen molar-refractivity contribution in [1.82, 2.24) is 15.0 Å². The molecule has 1 N–H and O–H groups in total. The zero-order chi connectivity index (χ0) is 17.3. The van der Waals surface area contributed by atoms with Gasteiger partial charge in [0.05, 0.1) is 5.69 Å². The number of hydrogen-bond donors (Lipinski definition) is 1. The Balaban J connectivity index is 2.04. The highest BCUT2D eigenvalue weighted by atomic mass is 16.4. The van der Waals surface area contributed by atoms with Gasteiger partial charge in [-0.2, -0.15) is 0 Å². The van der Waals surface area contributed by atoms with E-state index in [1.807, 2.05) is 32.0 Å². The Kier molecular flexibility index (Phi) is 4.55. The molecular weight excluding hydrogens is 304 g/mol. The van der Waals surface area contributed by atoms with E-state index >= 15 is 0 Å². The van der Waals surface area contributed by atoms with Crippen molar-refractivity contribution in [2.45, 2.75) is 52.5 Å². The summed E-state index contributed by atoms with van der Waals surface area (Å²) >= 11 is 0. The van der Waals surface area contributed by atoms with Gasteiger partial charge >= 0.3 is 5.97 Å². The Morgan fingerprint density at radius 2 is 2.04 bits per heavy atom. The van der Waals surface area contributed by atoms with Gasteiger partial charge in [-0.3, -0.25) is 0 Å². The maximum Gasteiger partial charge on any atom is 0.360 e. The van der Waals surface area contributed by atoms with Crippen LogP contribution in [0.25, 0.3) is 5.69 Å². The third kappa shape index (κ3) is 3.00. The van der Waals surface area contributed by atoms with Crippen molar-refractivity contribution in [3.8, 4) is 5.69 Å². The summed E-state index contributed by atoms with van der Waals surface area (Å²) in [5, 5.41) is 18.4. The number of aryl methyl sites for hydroxylation is 2. The van der Waals surface area contributed by atoms with Crippen LogP contribution in [0.4, 0.5) is 5.82 Å². The number of anilines is 1. The normalized spacial score (nSPS) is 18.0. The number of carboxylic acids is 1. The van der Waals surface area contributed by atoms with Crippen LogP contribution in [-0.4, -0.2) is 38.7 Å². The standard InChI is InChI=1S/C18H24N4O2/c1-4-14-7-5-6-10-21(14)17-16(18(23)24)19-22(20-17)15-9-8-12(2)13(3)11-15/h8-9,11,14H,4-7,10H2,1-3H3,(H,23,24)/t14-/m1/s1. The van der Waals surface area contributed by atoms with Crippen LogP contribution < -0.4 is 4.90 Å². The summed E-state index contributed by atoms with van der Waals surface area (Å²) in [5.41, 5.74) is 3.14. The maximum absolute atomic E-state index is 11.7. The van der Waals surface area contributed by atoms with Crippen LogP contribution in [0, 0.1) is 13.8 Å². The number of rotatable bonds is 4. The number of aromatic carboxylic acids is 1. The molecule has 0 radical (unpaired) electrons. The Labute approximate surface area is 142 Å². The molecular formula is C18H24N4O2. The largest absolute Gasteiger partial charge is 0.476 e. The van der Waals surface area contributed by atoms with E-state index in [0.29, 0.717) is 11.9 Å². The number of hydrogen-bond acceptors (Lipinski definition) is 4. The predicted octanol–water partition coefficient (Wildman–Crippen LogP) is 3.35. The first-order valence-corrected chi connectivity index (χ1v) is 8.56. The molecule has 0 spiro atoms. The van der Waals surface area contributed by atoms with Crippen molar-refractivity contribution in [2.75, 3.05) is 11.4 Å². The first-order valence-electron chi connectivity index (χ1n) is 8.56. The number of benzene rings is 1. The zero-order valence-electron chi connectivity index (χ0n) is 14.5. The van der Waals surface area contributed by atoms with Crippen molar-refractivity contribution in [3.63, 3.8) is 0 Å². The molecule has 0 aliphatic carbocycles. The number of nitrogens with zero attached hydrogens (tertiary/aromatic N) is 4. The Morgan fingerprint density at radius 3 is 2.71 bits per heavy atom. The van der Waals surface area contributed by atoms with Crippen LogP contribution in [0.2, 0.25) is 0 Å². The fraction of sp³-hybridized carbons (Fsp3) is 0.500. The van der Waals surface area contributed by atoms with E-state index in [9.17, 15) is 9.90 Å². The second kappa shape index (κ2) is 6.63. The molecule has 1 aromatic carbocycles. The van der Waals surface area contributed by atoms with Crippen LogP contribution in [0.1, 0.15) is 54.2 Å². The molecule has 1 atom stereocenters. The first-order chi connectivity index (χ1) is 11.5. The molecule has 1 aromatic heterocycles. The molecule has 1 fully saturated rings. The van der Waals surface area contributed by atoms with Crippen molar-refractivity contribution < 1.29 is 9.90 Å². The van der Waals surface area contributed by atoms with Gasteiger partial charge in [0.2, 0.25) is 5.69 Å². The fourth-order valence-corrected chi connectivity index (χ4v) is 3.30. The lowest BCUT2D eigenvalue weighted by molar-refractivity contribution is 0.0690. The van der Waals surface area contributed by atoms with Gasteiger partial charge in [0, 0.05) is 12.6 Å². The molecule has 1 saturated heterocycles. The van der Waals surface area contributed by atoms with Gasteiger partial charge in [0.25, 0.3) is 0 Å². The van der Waals surface area contributed by atoms with E-state index in [4.69, 9.17) is 0 Å². The molecule has 1 aliphatic rings. The van der Waals surface area contributed by atoms with E-state index < -0.39 is 5.97 Å². The third-order valence-corrected chi connectivity index (χ3v) is 4.89. The van der Waals surface area contributed by atoms with Gasteiger partial charge in [0.15, 0.2) is 5.82 Å². The van der Waals surface area contributed by atoms with Crippen molar-refractivity contribution in [3.05, 3.63) is 35.0 Å². The molecule has 6 heteroatoms. The maximum atomic E-state index is 11.7. The summed E-state index contributed by atoms with van der Waals surface area (Å²) in [6.45, 7) is 7.05. The molecule has 24 heavy (non-hydrogen) atoms. The van der Waals surface area contributed by atoms with E-state index in [1.165, 1.54) is 16.8 Å². The molecule has 0 unspecified atom stereocenters. The van der Waals surface area contributed by atoms with E-state index in [-0.39, 0.29) is 5.69 Å². The van der Waals surface area contributed by atoms with Gasteiger partial charge in [-0.25, -0.2) is 4.79 Å². The minimum absolute atomic E-state index is 0.0357. The first kappa shape index (κ1) is 16.5. The predicted molar refractivity (Wildman–Crippen MR) is 93.1 cm³/mol. The zero-order valence-corrected chi connectivity index (χ0v) is 14.5. The summed E-state index contributed by atoms with van der Waals surface area (Å²) in [7, 11) is 0. The minimum atomic E-state index is -1.03. The topological polar surface area (TPSA) is 71.2 Å². The van der Waals surface area contributed by atoms with Gasteiger partial charge in [-0.15, -0.1) is 15.0 Å². The Bertz CT molecular complexity index is 753. The third-order valence-electron chi connectivity index (χ3n) is 4.89. The Hall–Kier alpha value is -2.37. The molecule has 0 bridgehead atoms. The lowest BCUT2D eigenvalue weighted by Gasteiger charge is -2.35. The highest BCUT2D eigenvalue weighted by molar-refractivity contribution is 5.91. The van der Waals surface area contributed by atoms with E-state index in [2.05, 4.69) is 22.0 Å². The number of carboxylic acid groups (broad SMARTS) is 1. The molecule has 0 amide bonds. The van der Waals surface area contributed by atoms with E-state index in [0.717, 1.165) is 37.1 Å². The molecule has 2 heterocycles. The monoisotopic (exact) mass is 328 g/mol. The van der Waals surface area contributed by atoms with Crippen LogP contribution in [0.15, 0.2) is 18.2 Å². The van der Waals surface area contributed by atoms with Crippen LogP contribution in [0.3, 0.4) is 0 Å². The summed E-state index contributed by atoms with van der Waals surface area (Å²) in [4.78, 5) is 15.3. The highest BCUT2D eigenvalue weighted by Gasteiger charge is 2.29. The average Bonchev–Trinajstić information content (AvgIpc) is 3.02. The van der Waals surface area contributed by atoms with Crippen molar-refractivity contribution in [1.29, 1.82) is 0 Å². The number of carbonyl (C=O) groups is 1. The summed E-state index contributed by atoms with van der Waals surface area (Å²) in [6.07, 6.45) is 4.30. The number of aromatic nitrogens is 3. The SMILES string of the molecule is CC[C@@H]1CCCCN1c1nn(-c2ccc(C)c(C)c2)nc1C(=O)O. The highest BCUT2D eigenvalue weighted by Crippen LogP contribution is 2.28. The molecule has 128 valence electrons. The molecule has 0 saturated carbocycles. The second-order valence-electron chi connectivity index (χ2n) is 6.49. The lowest BCUT2D eigenvalue weighted by atomic mass is 10.00. The molecule has 2 aromatic rings. The van der Waals surface area contributed by atoms with Gasteiger partial charge in [0.1, 0.15) is 0 Å². The Morgan fingerprint density at radius 1 is 1.25 bits per heavy atom. The lowest BCUT2D eigenvalue weighted by Crippen LogP contribution is -2.40. The van der Waals surface area contributed by atoms with Gasteiger partial charge in [-0.1, -0.05) is 13.0 Å². The van der Waals surface area contributed by atoms with Crippen molar-refractivity contribution in [2.24, 2.45) is 0 Å². The van der Waals surface area contributed by atoms with Gasteiger partial charge in [-0.05, 0) is 62.8 Å². The van der Waals surface area contributed by atoms with Crippen LogP contribution in [-0.2, 0) is 0 Å². The smallest absolute Gasteiger partial charge is 0.360 e. The summed E-state index contributed by atoms with van der Waals surface area (Å²) in [6, 6.07) is 6.25. The average molecular weight is 328 g/mol. The number of piperidine rings is 1. The molecule has 1 aliphatic heterocycles. The van der Waals surface area contributed by atoms with Crippen LogP contribution in [0.5, 0.6) is 0 Å². The van der Waals surface area contributed by atoms with Crippen LogP contribution >= 0.6 is 0 Å². The van der Waals surface area contributed by atoms with E-state index in [1.54, 1.807) is 0 Å². The summed E-state index contributed by atoms with van der Waals surface area (Å²) in [5.74, 6) is -0.534. The fourth-order valence-electron chi connectivity index (χ4n) is 3.30. The van der Waals surface area contributed by atoms with Gasteiger partial charge < -0.3 is 10.0 Å². The van der Waals surface area contributed by atoms with Crippen molar-refractivity contribution >= 4 is 11.8 Å².